The number of carbonyl (C=O) groups excluding carboxylic acids is 4. The Hall–Kier alpha value is -3.98. The van der Waals surface area contributed by atoms with Crippen LogP contribution in [0.15, 0.2) is 71.8 Å². The fourth-order valence-electron chi connectivity index (χ4n) is 8.99. The third kappa shape index (κ3) is 5.53. The molecule has 2 unspecified atom stereocenters. The number of esters is 3. The van der Waals surface area contributed by atoms with Gasteiger partial charge in [-0.15, -0.1) is 0 Å². The highest BCUT2D eigenvalue weighted by Crippen LogP contribution is 2.64. The Kier molecular flexibility index (Phi) is 9.31. The average molecular weight is 708 g/mol. The fourth-order valence-corrected chi connectivity index (χ4v) is 8.99. The highest BCUT2D eigenvalue weighted by Gasteiger charge is 2.78. The molecule has 2 saturated carbocycles. The van der Waals surface area contributed by atoms with Gasteiger partial charge < -0.3 is 45.1 Å². The number of ketones is 1. The number of carbonyl (C=O) groups is 4. The molecule has 2 aromatic rings. The fraction of sp³-hybridized carbons (Fsp3) is 0.526. The van der Waals surface area contributed by atoms with Crippen LogP contribution in [0.5, 0.6) is 0 Å². The first-order valence-electron chi connectivity index (χ1n) is 17.0. The predicted molar refractivity (Wildman–Crippen MR) is 178 cm³/mol. The van der Waals surface area contributed by atoms with E-state index in [1.807, 2.05) is 0 Å². The molecule has 13 nitrogen and oxygen atoms in total. The Labute approximate surface area is 295 Å². The van der Waals surface area contributed by atoms with E-state index in [1.165, 1.54) is 32.9 Å². The maximum atomic E-state index is 14.8. The summed E-state index contributed by atoms with van der Waals surface area (Å²) in [6.45, 7) is 6.99. The van der Waals surface area contributed by atoms with Crippen molar-refractivity contribution < 1.29 is 58.6 Å². The van der Waals surface area contributed by atoms with E-state index in [1.54, 1.807) is 62.4 Å². The molecule has 3 fully saturated rings. The SMILES string of the molecule is CC(=O)O[C@@]12CO[C@@H]1C[C@H](O)[C@@]1(C)C(=O)[C@H](O)C3=C(C)[C@@H](OC(=O)C(O)C(N)c4ccccc4)C[C@@](O)([C@@H](OC(=O)c4ccccc4)[C@H]21)C3(C)C. The maximum Gasteiger partial charge on any atom is 0.338 e. The molecule has 2 bridgehead atoms. The van der Waals surface area contributed by atoms with Gasteiger partial charge in [-0.2, -0.15) is 0 Å². The van der Waals surface area contributed by atoms with Crippen molar-refractivity contribution in [2.75, 3.05) is 6.61 Å². The molecule has 0 amide bonds. The first-order chi connectivity index (χ1) is 23.9. The third-order valence-corrected chi connectivity index (χ3v) is 11.9. The zero-order valence-electron chi connectivity index (χ0n) is 29.1. The molecule has 0 radical (unpaired) electrons. The van der Waals surface area contributed by atoms with E-state index in [0.717, 1.165) is 0 Å². The van der Waals surface area contributed by atoms with Crippen LogP contribution in [-0.2, 0) is 33.3 Å². The van der Waals surface area contributed by atoms with Crippen molar-refractivity contribution in [2.24, 2.45) is 22.5 Å². The topological polar surface area (TPSA) is 212 Å². The summed E-state index contributed by atoms with van der Waals surface area (Å²) < 4.78 is 23.9. The van der Waals surface area contributed by atoms with Crippen molar-refractivity contribution >= 4 is 23.7 Å². The summed E-state index contributed by atoms with van der Waals surface area (Å²) in [5.41, 5.74) is -0.496. The van der Waals surface area contributed by atoms with Crippen LogP contribution in [0, 0.1) is 16.7 Å². The molecular formula is C38H45NO12. The minimum Gasteiger partial charge on any atom is -0.456 e. The van der Waals surface area contributed by atoms with Crippen molar-refractivity contribution in [3.05, 3.63) is 82.9 Å². The van der Waals surface area contributed by atoms with Crippen LogP contribution in [0.3, 0.4) is 0 Å². The van der Waals surface area contributed by atoms with Crippen molar-refractivity contribution in [1.82, 2.24) is 0 Å². The molecule has 2 aromatic carbocycles. The van der Waals surface area contributed by atoms with Crippen LogP contribution in [0.1, 0.15) is 69.4 Å². The largest absolute Gasteiger partial charge is 0.456 e. The number of nitrogens with two attached hydrogens (primary N) is 1. The number of benzene rings is 2. The number of Topliss-reactive ketones (excluding diaryl/α,β-unsaturated/α-hetero) is 1. The number of hydrogen-bond acceptors (Lipinski definition) is 13. The van der Waals surface area contributed by atoms with E-state index in [-0.39, 0.29) is 29.7 Å². The van der Waals surface area contributed by atoms with Crippen LogP contribution in [0.25, 0.3) is 0 Å². The molecule has 6 N–H and O–H groups in total. The van der Waals surface area contributed by atoms with Crippen LogP contribution < -0.4 is 5.73 Å². The lowest BCUT2D eigenvalue weighted by atomic mass is 9.44. The smallest absolute Gasteiger partial charge is 0.338 e. The van der Waals surface area contributed by atoms with Gasteiger partial charge in [0, 0.05) is 25.2 Å². The summed E-state index contributed by atoms with van der Waals surface area (Å²) in [6, 6.07) is 15.2. The summed E-state index contributed by atoms with van der Waals surface area (Å²) in [4.78, 5) is 55.0. The lowest BCUT2D eigenvalue weighted by Crippen LogP contribution is -2.81. The van der Waals surface area contributed by atoms with Gasteiger partial charge in [-0.1, -0.05) is 62.4 Å². The van der Waals surface area contributed by atoms with Gasteiger partial charge in [-0.05, 0) is 42.7 Å². The summed E-state index contributed by atoms with van der Waals surface area (Å²) in [7, 11) is 0. The molecular weight excluding hydrogens is 662 g/mol. The van der Waals surface area contributed by atoms with E-state index in [9.17, 15) is 39.6 Å². The van der Waals surface area contributed by atoms with E-state index in [4.69, 9.17) is 24.7 Å². The highest BCUT2D eigenvalue weighted by molar-refractivity contribution is 5.94. The number of rotatable bonds is 7. The van der Waals surface area contributed by atoms with E-state index >= 15 is 0 Å². The molecule has 4 aliphatic rings. The first-order valence-corrected chi connectivity index (χ1v) is 17.0. The van der Waals surface area contributed by atoms with Gasteiger partial charge in [0.05, 0.1) is 35.6 Å². The first kappa shape index (κ1) is 36.8. The second kappa shape index (κ2) is 12.9. The second-order valence-corrected chi connectivity index (χ2v) is 15.0. The molecule has 274 valence electrons. The Morgan fingerprint density at radius 1 is 0.980 bits per heavy atom. The molecule has 1 saturated heterocycles. The predicted octanol–water partition coefficient (Wildman–Crippen LogP) is 1.69. The molecule has 1 heterocycles. The molecule has 51 heavy (non-hydrogen) atoms. The molecule has 0 spiro atoms. The Morgan fingerprint density at radius 3 is 2.16 bits per heavy atom. The van der Waals surface area contributed by atoms with Crippen LogP contribution >= 0.6 is 0 Å². The van der Waals surface area contributed by atoms with Crippen molar-refractivity contribution in [2.45, 2.75) is 101 Å². The van der Waals surface area contributed by atoms with Crippen LogP contribution in [0.2, 0.25) is 0 Å². The van der Waals surface area contributed by atoms with Crippen molar-refractivity contribution in [1.29, 1.82) is 0 Å². The van der Waals surface area contributed by atoms with Crippen molar-refractivity contribution in [3.63, 3.8) is 0 Å². The van der Waals surface area contributed by atoms with Crippen LogP contribution in [-0.4, -0.2) is 98.6 Å². The molecule has 6 rings (SSSR count). The van der Waals surface area contributed by atoms with Crippen molar-refractivity contribution in [3.8, 4) is 0 Å². The normalized spacial score (nSPS) is 36.5. The molecule has 3 aliphatic carbocycles. The summed E-state index contributed by atoms with van der Waals surface area (Å²) in [5, 5.41) is 48.0. The summed E-state index contributed by atoms with van der Waals surface area (Å²) in [6.07, 6.45) is -9.94. The Morgan fingerprint density at radius 2 is 1.59 bits per heavy atom. The summed E-state index contributed by atoms with van der Waals surface area (Å²) >= 11 is 0. The Bertz CT molecular complexity index is 1750. The summed E-state index contributed by atoms with van der Waals surface area (Å²) in [5.74, 6) is -5.10. The van der Waals surface area contributed by atoms with Gasteiger partial charge in [0.15, 0.2) is 17.5 Å². The number of aliphatic hydroxyl groups excluding tert-OH is 3. The number of aliphatic hydroxyl groups is 4. The second-order valence-electron chi connectivity index (χ2n) is 15.0. The molecule has 11 atom stereocenters. The van der Waals surface area contributed by atoms with Gasteiger partial charge in [0.2, 0.25) is 0 Å². The quantitative estimate of drug-likeness (QED) is 0.158. The van der Waals surface area contributed by atoms with Gasteiger partial charge in [0.1, 0.15) is 30.0 Å². The zero-order valence-corrected chi connectivity index (χ0v) is 29.1. The van der Waals surface area contributed by atoms with Gasteiger partial charge in [0.25, 0.3) is 0 Å². The van der Waals surface area contributed by atoms with Gasteiger partial charge in [-0.25, -0.2) is 9.59 Å². The number of fused-ring (bicyclic) bond motifs is 5. The lowest BCUT2D eigenvalue weighted by Gasteiger charge is -2.67. The number of ether oxygens (including phenoxy) is 4. The molecule has 1 aliphatic heterocycles. The Balaban J connectivity index is 1.53. The molecule has 13 heteroatoms. The lowest BCUT2D eigenvalue weighted by molar-refractivity contribution is -0.346. The average Bonchev–Trinajstić information content (AvgIpc) is 3.09. The minimum absolute atomic E-state index is 0.0120. The third-order valence-electron chi connectivity index (χ3n) is 11.9. The van der Waals surface area contributed by atoms with E-state index in [2.05, 4.69) is 0 Å². The highest BCUT2D eigenvalue weighted by atomic mass is 16.6. The standard InChI is InChI=1S/C38H45NO12/c1-19-23(49-34(46)29(43)27(39)21-12-8-6-9-13-21)17-38(47)32(50-33(45)22-14-10-7-11-15-22)30-36(5,31(44)28(42)26(19)35(38,3)4)24(41)16-25-37(30,18-48-25)51-20(2)40/h6-15,23-25,27-30,32,41-43,47H,16-18,39H2,1-5H3/t23-,24-,25+,27?,28+,29?,30-,32-,36+,37-,38+/m0/s1. The van der Waals surface area contributed by atoms with Crippen LogP contribution in [0.4, 0.5) is 0 Å². The molecule has 0 aromatic heterocycles. The minimum atomic E-state index is -2.28. The van der Waals surface area contributed by atoms with Gasteiger partial charge in [-0.3, -0.25) is 9.59 Å². The monoisotopic (exact) mass is 707 g/mol. The zero-order chi connectivity index (χ0) is 37.3. The van der Waals surface area contributed by atoms with E-state index in [0.29, 0.717) is 5.56 Å². The van der Waals surface area contributed by atoms with Gasteiger partial charge >= 0.3 is 17.9 Å². The maximum absolute atomic E-state index is 14.8. The van der Waals surface area contributed by atoms with E-state index < -0.39 is 101 Å². The number of hydrogen-bond donors (Lipinski definition) is 5.